The van der Waals surface area contributed by atoms with Gasteiger partial charge in [-0.05, 0) is 26.8 Å². The van der Waals surface area contributed by atoms with Crippen LogP contribution in [0.25, 0.3) is 0 Å². The Bertz CT molecular complexity index is 458. The molecule has 0 aromatic heterocycles. The number of likely N-dealkylation sites (N-methyl/N-ethyl adjacent to an activating group) is 2. The molecule has 2 heterocycles. The molecule has 0 aromatic rings. The molecule has 0 saturated carbocycles. The molecule has 6 nitrogen and oxygen atoms in total. The van der Waals surface area contributed by atoms with Gasteiger partial charge in [-0.1, -0.05) is 0 Å². The van der Waals surface area contributed by atoms with E-state index in [9.17, 15) is 13.2 Å². The lowest BCUT2D eigenvalue weighted by Gasteiger charge is -2.29. The zero-order valence-electron chi connectivity index (χ0n) is 12.7. The van der Waals surface area contributed by atoms with E-state index >= 15 is 0 Å². The van der Waals surface area contributed by atoms with Crippen molar-refractivity contribution in [1.29, 1.82) is 0 Å². The van der Waals surface area contributed by atoms with Gasteiger partial charge >= 0.3 is 0 Å². The number of sulfone groups is 1. The van der Waals surface area contributed by atoms with E-state index in [0.29, 0.717) is 25.6 Å². The number of carbonyl (C=O) groups is 1. The van der Waals surface area contributed by atoms with E-state index in [1.165, 1.54) is 0 Å². The number of hydrogen-bond acceptors (Lipinski definition) is 5. The van der Waals surface area contributed by atoms with E-state index in [2.05, 4.69) is 10.2 Å². The monoisotopic (exact) mass is 339 g/mol. The molecule has 0 bridgehead atoms. The van der Waals surface area contributed by atoms with Crippen LogP contribution < -0.4 is 5.32 Å². The van der Waals surface area contributed by atoms with Gasteiger partial charge in [-0.2, -0.15) is 0 Å². The number of nitrogens with one attached hydrogen (secondary N) is 1. The Morgan fingerprint density at radius 3 is 2.57 bits per heavy atom. The summed E-state index contributed by atoms with van der Waals surface area (Å²) in [6, 6.07) is 0.338. The summed E-state index contributed by atoms with van der Waals surface area (Å²) >= 11 is 0. The largest absolute Gasteiger partial charge is 0.338 e. The quantitative estimate of drug-likeness (QED) is 0.747. The van der Waals surface area contributed by atoms with Crippen molar-refractivity contribution in [3.63, 3.8) is 0 Å². The minimum atomic E-state index is -2.94. The Balaban J connectivity index is 0.00000220. The lowest BCUT2D eigenvalue weighted by Crippen LogP contribution is -2.46. The molecular weight excluding hydrogens is 314 g/mol. The van der Waals surface area contributed by atoms with Crippen molar-refractivity contribution in [3.8, 4) is 0 Å². The van der Waals surface area contributed by atoms with Crippen molar-refractivity contribution in [2.75, 3.05) is 44.7 Å². The van der Waals surface area contributed by atoms with Gasteiger partial charge in [0.15, 0.2) is 9.84 Å². The molecular formula is C13H26ClN3O3S. The third-order valence-electron chi connectivity index (χ3n) is 4.35. The normalized spacial score (nSPS) is 28.3. The first-order chi connectivity index (χ1) is 9.45. The highest BCUT2D eigenvalue weighted by atomic mass is 35.5. The second-order valence-electron chi connectivity index (χ2n) is 5.75. The number of carbonyl (C=O) groups excluding carboxylic acids is 1. The highest BCUT2D eigenvalue weighted by Gasteiger charge is 2.34. The third-order valence-corrected chi connectivity index (χ3v) is 6.10. The smallest absolute Gasteiger partial charge is 0.237 e. The first kappa shape index (κ1) is 18.7. The molecule has 2 rings (SSSR count). The van der Waals surface area contributed by atoms with Gasteiger partial charge < -0.3 is 10.2 Å². The Morgan fingerprint density at radius 2 is 2.10 bits per heavy atom. The minimum Gasteiger partial charge on any atom is -0.338 e. The Hall–Kier alpha value is -0.370. The van der Waals surface area contributed by atoms with Crippen LogP contribution in [0, 0.1) is 0 Å². The second kappa shape index (κ2) is 7.76. The zero-order valence-corrected chi connectivity index (χ0v) is 14.4. The summed E-state index contributed by atoms with van der Waals surface area (Å²) in [6.07, 6.45) is 1.65. The zero-order chi connectivity index (χ0) is 14.8. The highest BCUT2D eigenvalue weighted by molar-refractivity contribution is 7.91. The summed E-state index contributed by atoms with van der Waals surface area (Å²) in [6.45, 7) is 4.73. The van der Waals surface area contributed by atoms with E-state index in [1.807, 2.05) is 14.0 Å². The summed E-state index contributed by atoms with van der Waals surface area (Å²) in [5.74, 6) is 0.407. The average molecular weight is 340 g/mol. The summed E-state index contributed by atoms with van der Waals surface area (Å²) in [5, 5.41) is 3.23. The van der Waals surface area contributed by atoms with E-state index in [1.54, 1.807) is 4.90 Å². The Labute approximate surface area is 133 Å². The lowest BCUT2D eigenvalue weighted by atomic mass is 10.2. The van der Waals surface area contributed by atoms with Crippen molar-refractivity contribution in [1.82, 2.24) is 15.1 Å². The molecule has 0 radical (unpaired) electrons. The van der Waals surface area contributed by atoms with Crippen LogP contribution in [0.3, 0.4) is 0 Å². The SMILES string of the molecule is CCN(C(=O)CN1CCC(NC)C1)C1CCS(=O)(=O)C1.Cl. The minimum absolute atomic E-state index is 0. The molecule has 2 aliphatic heterocycles. The molecule has 0 aromatic carbocycles. The number of nitrogens with zero attached hydrogens (tertiary/aromatic N) is 2. The van der Waals surface area contributed by atoms with Gasteiger partial charge in [-0.15, -0.1) is 12.4 Å². The van der Waals surface area contributed by atoms with E-state index in [0.717, 1.165) is 19.5 Å². The summed E-state index contributed by atoms with van der Waals surface area (Å²) < 4.78 is 23.1. The summed E-state index contributed by atoms with van der Waals surface area (Å²) in [5.41, 5.74) is 0. The second-order valence-corrected chi connectivity index (χ2v) is 7.97. The molecule has 1 amide bonds. The molecule has 2 atom stereocenters. The summed E-state index contributed by atoms with van der Waals surface area (Å²) in [7, 11) is -0.999. The molecule has 8 heteroatoms. The lowest BCUT2D eigenvalue weighted by molar-refractivity contribution is -0.133. The Morgan fingerprint density at radius 1 is 1.38 bits per heavy atom. The average Bonchev–Trinajstić information content (AvgIpc) is 2.97. The van der Waals surface area contributed by atoms with E-state index in [4.69, 9.17) is 0 Å². The maximum Gasteiger partial charge on any atom is 0.237 e. The van der Waals surface area contributed by atoms with E-state index in [-0.39, 0.29) is 35.9 Å². The molecule has 2 fully saturated rings. The van der Waals surface area contributed by atoms with Crippen molar-refractivity contribution in [3.05, 3.63) is 0 Å². The molecule has 0 spiro atoms. The van der Waals surface area contributed by atoms with Crippen molar-refractivity contribution < 1.29 is 13.2 Å². The fraction of sp³-hybridized carbons (Fsp3) is 0.923. The van der Waals surface area contributed by atoms with Crippen LogP contribution in [0.1, 0.15) is 19.8 Å². The number of amides is 1. The van der Waals surface area contributed by atoms with Crippen molar-refractivity contribution in [2.24, 2.45) is 0 Å². The van der Waals surface area contributed by atoms with Crippen LogP contribution in [-0.4, -0.2) is 80.9 Å². The molecule has 124 valence electrons. The highest BCUT2D eigenvalue weighted by Crippen LogP contribution is 2.18. The van der Waals surface area contributed by atoms with Crippen LogP contribution in [-0.2, 0) is 14.6 Å². The van der Waals surface area contributed by atoms with Crippen LogP contribution >= 0.6 is 12.4 Å². The predicted octanol–water partition coefficient (Wildman–Crippen LogP) is -0.262. The number of hydrogen-bond donors (Lipinski definition) is 1. The molecule has 2 aliphatic rings. The summed E-state index contributed by atoms with van der Waals surface area (Å²) in [4.78, 5) is 16.3. The van der Waals surface area contributed by atoms with Crippen LogP contribution in [0.5, 0.6) is 0 Å². The van der Waals surface area contributed by atoms with Gasteiger partial charge in [-0.3, -0.25) is 9.69 Å². The molecule has 0 aliphatic carbocycles. The fourth-order valence-electron chi connectivity index (χ4n) is 3.15. The van der Waals surface area contributed by atoms with Gasteiger partial charge in [0.1, 0.15) is 0 Å². The molecule has 21 heavy (non-hydrogen) atoms. The van der Waals surface area contributed by atoms with Gasteiger partial charge in [-0.25, -0.2) is 8.42 Å². The number of rotatable bonds is 5. The van der Waals surface area contributed by atoms with Crippen LogP contribution in [0.4, 0.5) is 0 Å². The third kappa shape index (κ3) is 4.81. The van der Waals surface area contributed by atoms with Crippen molar-refractivity contribution >= 4 is 28.2 Å². The van der Waals surface area contributed by atoms with Crippen molar-refractivity contribution in [2.45, 2.75) is 31.8 Å². The molecule has 1 N–H and O–H groups in total. The first-order valence-corrected chi connectivity index (χ1v) is 9.17. The predicted molar refractivity (Wildman–Crippen MR) is 85.6 cm³/mol. The maximum absolute atomic E-state index is 12.4. The maximum atomic E-state index is 12.4. The van der Waals surface area contributed by atoms with Gasteiger partial charge in [0.25, 0.3) is 0 Å². The van der Waals surface area contributed by atoms with Crippen LogP contribution in [0.15, 0.2) is 0 Å². The van der Waals surface area contributed by atoms with E-state index < -0.39 is 9.84 Å². The number of halogens is 1. The van der Waals surface area contributed by atoms with Gasteiger partial charge in [0.2, 0.25) is 5.91 Å². The fourth-order valence-corrected chi connectivity index (χ4v) is 4.88. The molecule has 2 saturated heterocycles. The van der Waals surface area contributed by atoms with Gasteiger partial charge in [0, 0.05) is 31.7 Å². The standard InChI is InChI=1S/C13H25N3O3S.ClH/c1-3-16(12-5-7-20(18,19)10-12)13(17)9-15-6-4-11(8-15)14-2;/h11-12,14H,3-10H2,1-2H3;1H. The van der Waals surface area contributed by atoms with Crippen LogP contribution in [0.2, 0.25) is 0 Å². The first-order valence-electron chi connectivity index (χ1n) is 7.34. The van der Waals surface area contributed by atoms with Gasteiger partial charge in [0.05, 0.1) is 18.1 Å². The Kier molecular flexibility index (Phi) is 6.90. The topological polar surface area (TPSA) is 69.7 Å². The number of likely N-dealkylation sites (tertiary alicyclic amines) is 1. The molecule has 2 unspecified atom stereocenters.